The van der Waals surface area contributed by atoms with Crippen LogP contribution in [0.25, 0.3) is 0 Å². The van der Waals surface area contributed by atoms with Crippen LogP contribution in [0.1, 0.15) is 126 Å². The van der Waals surface area contributed by atoms with Gasteiger partial charge >= 0.3 is 24.1 Å². The molecular formula is C41H50F3N5O6. The molecule has 1 aromatic heterocycles. The van der Waals surface area contributed by atoms with Crippen molar-refractivity contribution in [3.63, 3.8) is 0 Å². The molecule has 3 aliphatic heterocycles. The van der Waals surface area contributed by atoms with Gasteiger partial charge in [-0.15, -0.1) is 0 Å². The molecule has 0 aliphatic carbocycles. The number of carboxylic acid groups (broad SMARTS) is 3. The van der Waals surface area contributed by atoms with Gasteiger partial charge in [-0.3, -0.25) is 0 Å². The predicted octanol–water partition coefficient (Wildman–Crippen LogP) is 8.88. The smallest absolute Gasteiger partial charge is 0.418 e. The lowest BCUT2D eigenvalue weighted by atomic mass is 9.99. The molecule has 0 spiro atoms. The number of pyridine rings is 1. The van der Waals surface area contributed by atoms with E-state index in [0.717, 1.165) is 68.3 Å². The summed E-state index contributed by atoms with van der Waals surface area (Å²) in [7, 11) is 0. The van der Waals surface area contributed by atoms with Crippen molar-refractivity contribution < 1.29 is 42.9 Å². The first-order chi connectivity index (χ1) is 26.0. The van der Waals surface area contributed by atoms with Gasteiger partial charge in [-0.1, -0.05) is 0 Å². The minimum atomic E-state index is -4.56. The molecule has 3 atom stereocenters. The van der Waals surface area contributed by atoms with Crippen molar-refractivity contribution in [3.8, 4) is 6.07 Å². The molecule has 3 unspecified atom stereocenters. The van der Waals surface area contributed by atoms with E-state index in [2.05, 4.69) is 34.7 Å². The highest BCUT2D eigenvalue weighted by molar-refractivity contribution is 5.90. The Morgan fingerprint density at radius 1 is 0.691 bits per heavy atom. The van der Waals surface area contributed by atoms with E-state index in [0.29, 0.717) is 24.2 Å². The zero-order chi connectivity index (χ0) is 40.4. The molecule has 0 amide bonds. The van der Waals surface area contributed by atoms with Gasteiger partial charge in [-0.25, -0.2) is 19.4 Å². The zero-order valence-corrected chi connectivity index (χ0v) is 31.8. The number of carboxylic acids is 3. The van der Waals surface area contributed by atoms with E-state index < -0.39 is 29.6 Å². The molecule has 6 rings (SSSR count). The highest BCUT2D eigenvalue weighted by Crippen LogP contribution is 2.39. The Labute approximate surface area is 320 Å². The Morgan fingerprint density at radius 3 is 1.58 bits per heavy atom. The van der Waals surface area contributed by atoms with Crippen LogP contribution in [0.15, 0.2) is 48.7 Å². The number of benzene rings is 2. The third-order valence-corrected chi connectivity index (χ3v) is 10.5. The van der Waals surface area contributed by atoms with Crippen LogP contribution in [0.2, 0.25) is 0 Å². The summed E-state index contributed by atoms with van der Waals surface area (Å²) in [6, 6.07) is 12.7. The summed E-state index contributed by atoms with van der Waals surface area (Å²) in [6.45, 7) is 10.7. The minimum absolute atomic E-state index is 0.0283. The molecule has 55 heavy (non-hydrogen) atoms. The molecule has 3 fully saturated rings. The van der Waals surface area contributed by atoms with Gasteiger partial charge in [0, 0.05) is 49.6 Å². The summed E-state index contributed by atoms with van der Waals surface area (Å²) in [5.41, 5.74) is 1.54. The fourth-order valence-corrected chi connectivity index (χ4v) is 7.47. The monoisotopic (exact) mass is 765 g/mol. The largest absolute Gasteiger partial charge is 0.478 e. The van der Waals surface area contributed by atoms with Crippen molar-refractivity contribution in [1.82, 2.24) is 4.98 Å². The zero-order valence-electron chi connectivity index (χ0n) is 31.8. The van der Waals surface area contributed by atoms with Crippen molar-refractivity contribution >= 4 is 35.1 Å². The van der Waals surface area contributed by atoms with Gasteiger partial charge in [-0.05, 0) is 134 Å². The van der Waals surface area contributed by atoms with Gasteiger partial charge in [0.25, 0.3) is 0 Å². The number of anilines is 3. The Kier molecular flexibility index (Phi) is 14.5. The molecule has 0 saturated carbocycles. The molecular weight excluding hydrogens is 715 g/mol. The van der Waals surface area contributed by atoms with Crippen molar-refractivity contribution in [2.45, 2.75) is 110 Å². The van der Waals surface area contributed by atoms with Crippen LogP contribution in [-0.2, 0) is 6.18 Å². The maximum Gasteiger partial charge on any atom is 0.418 e. The number of alkyl halides is 3. The summed E-state index contributed by atoms with van der Waals surface area (Å²) in [6.07, 6.45) is 6.68. The molecule has 14 heteroatoms. The summed E-state index contributed by atoms with van der Waals surface area (Å²) in [5, 5.41) is 35.9. The summed E-state index contributed by atoms with van der Waals surface area (Å²) >= 11 is 0. The van der Waals surface area contributed by atoms with Gasteiger partial charge in [0.2, 0.25) is 0 Å². The minimum Gasteiger partial charge on any atom is -0.478 e. The maximum atomic E-state index is 13.2. The second kappa shape index (κ2) is 18.8. The average molecular weight is 766 g/mol. The number of aromatic carboxylic acids is 3. The molecule has 4 heterocycles. The van der Waals surface area contributed by atoms with Gasteiger partial charge in [0.15, 0.2) is 0 Å². The van der Waals surface area contributed by atoms with Crippen LogP contribution < -0.4 is 14.7 Å². The first-order valence-corrected chi connectivity index (χ1v) is 18.7. The lowest BCUT2D eigenvalue weighted by Crippen LogP contribution is -2.38. The number of halogens is 3. The van der Waals surface area contributed by atoms with Crippen LogP contribution in [0.3, 0.4) is 0 Å². The number of rotatable bonds is 6. The number of nitriles is 1. The van der Waals surface area contributed by atoms with Crippen LogP contribution >= 0.6 is 0 Å². The molecule has 296 valence electrons. The highest BCUT2D eigenvalue weighted by Gasteiger charge is 2.37. The average Bonchev–Trinajstić information content (AvgIpc) is 3.15. The van der Waals surface area contributed by atoms with Gasteiger partial charge in [0.1, 0.15) is 11.9 Å². The predicted molar refractivity (Wildman–Crippen MR) is 204 cm³/mol. The summed E-state index contributed by atoms with van der Waals surface area (Å²) < 4.78 is 39.5. The van der Waals surface area contributed by atoms with Crippen molar-refractivity contribution in [2.24, 2.45) is 0 Å². The number of hydrogen-bond acceptors (Lipinski definition) is 8. The Balaban J connectivity index is 0.000000184. The second-order valence-electron chi connectivity index (χ2n) is 14.5. The van der Waals surface area contributed by atoms with Crippen LogP contribution in [0, 0.1) is 18.3 Å². The summed E-state index contributed by atoms with van der Waals surface area (Å²) in [5.74, 6) is -2.33. The molecule has 0 radical (unpaired) electrons. The van der Waals surface area contributed by atoms with Crippen LogP contribution in [-0.4, -0.2) is 76.0 Å². The van der Waals surface area contributed by atoms with Crippen molar-refractivity contribution in [1.29, 1.82) is 5.26 Å². The van der Waals surface area contributed by atoms with E-state index >= 15 is 0 Å². The lowest BCUT2D eigenvalue weighted by Gasteiger charge is -2.37. The number of hydrogen-bond donors (Lipinski definition) is 3. The third-order valence-electron chi connectivity index (χ3n) is 10.5. The first-order valence-electron chi connectivity index (χ1n) is 18.7. The highest BCUT2D eigenvalue weighted by atomic mass is 19.4. The maximum absolute atomic E-state index is 13.2. The van der Waals surface area contributed by atoms with Crippen LogP contribution in [0.5, 0.6) is 0 Å². The SMILES string of the molecule is CC1CCCCN1c1ccc(C(=O)O)cc1C#N.CC1CCCCN1c1ccc(C(=O)O)cc1C(F)(F)F.Cc1cc(C(=O)O)cnc1N1CCCCC1C. The molecule has 11 nitrogen and oxygen atoms in total. The van der Waals surface area contributed by atoms with E-state index in [1.807, 2.05) is 13.8 Å². The van der Waals surface area contributed by atoms with Crippen molar-refractivity contribution in [3.05, 3.63) is 82.0 Å². The second-order valence-corrected chi connectivity index (χ2v) is 14.5. The van der Waals surface area contributed by atoms with E-state index in [4.69, 9.17) is 15.3 Å². The van der Waals surface area contributed by atoms with E-state index in [-0.39, 0.29) is 28.4 Å². The normalized spacial score (nSPS) is 19.9. The fraction of sp³-hybridized carbons (Fsp3) is 0.488. The Bertz CT molecular complexity index is 1880. The molecule has 3 saturated heterocycles. The molecule has 2 aromatic carbocycles. The summed E-state index contributed by atoms with van der Waals surface area (Å²) in [4.78, 5) is 43.1. The number of aromatic nitrogens is 1. The lowest BCUT2D eigenvalue weighted by molar-refractivity contribution is -0.137. The number of aryl methyl sites for hydroxylation is 1. The first kappa shape index (κ1) is 42.4. The number of carbonyl (C=O) groups is 3. The van der Waals surface area contributed by atoms with Gasteiger partial charge in [-0.2, -0.15) is 18.4 Å². The third kappa shape index (κ3) is 10.9. The van der Waals surface area contributed by atoms with Gasteiger partial charge < -0.3 is 30.0 Å². The quantitative estimate of drug-likeness (QED) is 0.220. The molecule has 3 aliphatic rings. The topological polar surface area (TPSA) is 158 Å². The Hall–Kier alpha value is -5.32. The van der Waals surface area contributed by atoms with Crippen LogP contribution in [0.4, 0.5) is 30.4 Å². The number of piperidine rings is 3. The van der Waals surface area contributed by atoms with Crippen molar-refractivity contribution in [2.75, 3.05) is 34.3 Å². The Morgan fingerprint density at radius 2 is 1.15 bits per heavy atom. The molecule has 3 aromatic rings. The molecule has 0 bridgehead atoms. The van der Waals surface area contributed by atoms with Gasteiger partial charge in [0.05, 0.1) is 33.5 Å². The standard InChI is InChI=1S/C14H16F3NO2.C14H16N2O2.C13H18N2O2/c1-9-4-2-3-7-18(9)12-6-5-10(13(19)20)8-11(12)14(15,16)17;1-10-4-2-3-7-16(10)13-6-5-11(14(17)18)8-12(13)9-15;1-9-7-11(13(16)17)8-14-12(9)15-6-4-3-5-10(15)2/h5-6,8-9H,2-4,7H2,1H3,(H,19,20);5-6,8,10H,2-4,7H2,1H3,(H,17,18);7-8,10H,3-6H2,1-2H3,(H,16,17). The van der Waals surface area contributed by atoms with E-state index in [1.165, 1.54) is 50.1 Å². The number of nitrogens with zero attached hydrogens (tertiary/aromatic N) is 5. The fourth-order valence-electron chi connectivity index (χ4n) is 7.47. The van der Waals surface area contributed by atoms with E-state index in [9.17, 15) is 32.8 Å². The molecule has 3 N–H and O–H groups in total. The van der Waals surface area contributed by atoms with E-state index in [1.54, 1.807) is 23.1 Å².